The molecule has 1 aromatic rings. The largest absolute Gasteiger partial charge is 0.445 e. The second-order valence-electron chi connectivity index (χ2n) is 7.83. The van der Waals surface area contributed by atoms with Gasteiger partial charge in [0.15, 0.2) is 4.90 Å². The third-order valence-corrected chi connectivity index (χ3v) is 7.89. The van der Waals surface area contributed by atoms with E-state index in [2.05, 4.69) is 20.8 Å². The van der Waals surface area contributed by atoms with Crippen LogP contribution in [-0.2, 0) is 14.8 Å². The molecule has 1 amide bonds. The van der Waals surface area contributed by atoms with Crippen LogP contribution in [0.5, 0.6) is 0 Å². The van der Waals surface area contributed by atoms with Crippen LogP contribution >= 0.6 is 0 Å². The molecule has 2 fully saturated rings. The summed E-state index contributed by atoms with van der Waals surface area (Å²) in [6.45, 7) is 6.36. The molecule has 8 nitrogen and oxygen atoms in total. The maximum atomic E-state index is 12.4. The van der Waals surface area contributed by atoms with Gasteiger partial charge in [0.1, 0.15) is 6.10 Å². The molecule has 142 valence electrons. The second kappa shape index (κ2) is 5.94. The number of nitro groups is 1. The summed E-state index contributed by atoms with van der Waals surface area (Å²) in [4.78, 5) is 21.9. The summed E-state index contributed by atoms with van der Waals surface area (Å²) in [5.74, 6) is 0.428. The van der Waals surface area contributed by atoms with Gasteiger partial charge in [0.05, 0.1) is 4.92 Å². The molecule has 2 saturated carbocycles. The summed E-state index contributed by atoms with van der Waals surface area (Å²) in [6.07, 6.45) is 1.21. The van der Waals surface area contributed by atoms with Crippen LogP contribution in [0.3, 0.4) is 0 Å². The van der Waals surface area contributed by atoms with Gasteiger partial charge in [-0.15, -0.1) is 0 Å². The normalized spacial score (nSPS) is 29.3. The molecule has 0 saturated heterocycles. The van der Waals surface area contributed by atoms with Crippen molar-refractivity contribution in [2.24, 2.45) is 16.7 Å². The van der Waals surface area contributed by atoms with Crippen molar-refractivity contribution in [1.29, 1.82) is 0 Å². The van der Waals surface area contributed by atoms with E-state index in [0.29, 0.717) is 12.3 Å². The van der Waals surface area contributed by atoms with E-state index in [1.807, 2.05) is 0 Å². The first-order valence-corrected chi connectivity index (χ1v) is 9.94. The van der Waals surface area contributed by atoms with Crippen LogP contribution in [0.2, 0.25) is 0 Å². The maximum Gasteiger partial charge on any atom is 0.421 e. The van der Waals surface area contributed by atoms with Gasteiger partial charge in [0, 0.05) is 11.5 Å². The summed E-state index contributed by atoms with van der Waals surface area (Å²) in [5.41, 5.74) is -0.798. The Kier molecular flexibility index (Phi) is 4.25. The Morgan fingerprint density at radius 3 is 2.50 bits per heavy atom. The highest BCUT2D eigenvalue weighted by Gasteiger charge is 2.63. The first kappa shape index (κ1) is 18.6. The highest BCUT2D eigenvalue weighted by Crippen LogP contribution is 2.66. The van der Waals surface area contributed by atoms with Gasteiger partial charge in [-0.3, -0.25) is 10.1 Å². The van der Waals surface area contributed by atoms with Crippen LogP contribution in [0.25, 0.3) is 0 Å². The van der Waals surface area contributed by atoms with Crippen molar-refractivity contribution in [3.63, 3.8) is 0 Å². The molecular formula is C17H22N2O6S. The van der Waals surface area contributed by atoms with E-state index < -0.39 is 31.6 Å². The van der Waals surface area contributed by atoms with Gasteiger partial charge in [-0.2, -0.15) is 0 Å². The molecule has 0 spiro atoms. The van der Waals surface area contributed by atoms with Gasteiger partial charge in [-0.25, -0.2) is 17.9 Å². The van der Waals surface area contributed by atoms with Gasteiger partial charge >= 0.3 is 6.09 Å². The van der Waals surface area contributed by atoms with Crippen molar-refractivity contribution in [2.45, 2.75) is 51.0 Å². The molecule has 26 heavy (non-hydrogen) atoms. The smallest absolute Gasteiger partial charge is 0.421 e. The number of sulfonamides is 1. The van der Waals surface area contributed by atoms with E-state index >= 15 is 0 Å². The minimum Gasteiger partial charge on any atom is -0.445 e. The van der Waals surface area contributed by atoms with Crippen LogP contribution in [0.4, 0.5) is 10.5 Å². The second-order valence-corrected chi connectivity index (χ2v) is 9.49. The topological polar surface area (TPSA) is 116 Å². The first-order valence-electron chi connectivity index (χ1n) is 8.46. The van der Waals surface area contributed by atoms with E-state index in [4.69, 9.17) is 4.74 Å². The van der Waals surface area contributed by atoms with Crippen molar-refractivity contribution < 1.29 is 22.9 Å². The van der Waals surface area contributed by atoms with Crippen LogP contribution in [-0.4, -0.2) is 25.5 Å². The summed E-state index contributed by atoms with van der Waals surface area (Å²) < 4.78 is 32.0. The zero-order chi connectivity index (χ0) is 19.3. The quantitative estimate of drug-likeness (QED) is 0.631. The lowest BCUT2D eigenvalue weighted by Crippen LogP contribution is -2.41. The third-order valence-electron chi connectivity index (χ3n) is 6.53. The lowest BCUT2D eigenvalue weighted by Gasteiger charge is -2.38. The molecule has 1 aromatic carbocycles. The number of carbonyl (C=O) groups excluding carboxylic acids is 1. The van der Waals surface area contributed by atoms with Crippen LogP contribution in [0.1, 0.15) is 40.0 Å². The third kappa shape index (κ3) is 2.74. The Bertz CT molecular complexity index is 866. The monoisotopic (exact) mass is 382 g/mol. The lowest BCUT2D eigenvalue weighted by atomic mass is 9.70. The number of fused-ring (bicyclic) bond motifs is 2. The van der Waals surface area contributed by atoms with E-state index in [1.54, 1.807) is 4.72 Å². The zero-order valence-electron chi connectivity index (χ0n) is 14.9. The maximum absolute atomic E-state index is 12.4. The minimum atomic E-state index is -4.40. The van der Waals surface area contributed by atoms with Gasteiger partial charge in [-0.1, -0.05) is 32.9 Å². The number of para-hydroxylation sites is 1. The molecule has 3 unspecified atom stereocenters. The van der Waals surface area contributed by atoms with Crippen LogP contribution in [0.15, 0.2) is 29.2 Å². The minimum absolute atomic E-state index is 0.00897. The number of hydrogen-bond acceptors (Lipinski definition) is 6. The first-order chi connectivity index (χ1) is 12.0. The van der Waals surface area contributed by atoms with Crippen molar-refractivity contribution in [3.8, 4) is 0 Å². The summed E-state index contributed by atoms with van der Waals surface area (Å²) >= 11 is 0. The fourth-order valence-electron chi connectivity index (χ4n) is 4.46. The number of carbonyl (C=O) groups is 1. The molecule has 0 heterocycles. The highest BCUT2D eigenvalue weighted by atomic mass is 32.2. The van der Waals surface area contributed by atoms with Crippen LogP contribution in [0, 0.1) is 26.9 Å². The Labute approximate surface area is 152 Å². The van der Waals surface area contributed by atoms with Crippen molar-refractivity contribution in [3.05, 3.63) is 34.4 Å². The summed E-state index contributed by atoms with van der Waals surface area (Å²) in [6, 6.07) is 4.86. The van der Waals surface area contributed by atoms with Crippen LogP contribution < -0.4 is 4.72 Å². The average Bonchev–Trinajstić information content (AvgIpc) is 2.87. The molecule has 3 atom stereocenters. The molecule has 2 aliphatic rings. The van der Waals surface area contributed by atoms with E-state index in [0.717, 1.165) is 25.0 Å². The van der Waals surface area contributed by atoms with Crippen molar-refractivity contribution in [1.82, 2.24) is 4.72 Å². The highest BCUT2D eigenvalue weighted by molar-refractivity contribution is 7.90. The molecule has 0 aliphatic heterocycles. The Hall–Kier alpha value is -2.16. The number of amides is 1. The molecule has 3 rings (SSSR count). The molecular weight excluding hydrogens is 360 g/mol. The Morgan fingerprint density at radius 1 is 1.31 bits per heavy atom. The van der Waals surface area contributed by atoms with Gasteiger partial charge in [0.2, 0.25) is 0 Å². The predicted octanol–water partition coefficient (Wildman–Crippen LogP) is 3.22. The van der Waals surface area contributed by atoms with E-state index in [9.17, 15) is 23.3 Å². The van der Waals surface area contributed by atoms with Crippen molar-refractivity contribution in [2.75, 3.05) is 0 Å². The van der Waals surface area contributed by atoms with E-state index in [-0.39, 0.29) is 16.9 Å². The van der Waals surface area contributed by atoms with Gasteiger partial charge in [0.25, 0.3) is 15.7 Å². The number of nitrogens with zero attached hydrogens (tertiary/aromatic N) is 1. The standard InChI is InChI=1S/C17H22N2O6S/c1-16(2)11-8-9-17(16,3)14(10-11)25-15(20)18-26(23,24)13-7-5-4-6-12(13)19(21)22/h4-7,11,14H,8-10H2,1-3H3,(H,18,20). The summed E-state index contributed by atoms with van der Waals surface area (Å²) in [7, 11) is -4.40. The molecule has 2 bridgehead atoms. The fourth-order valence-corrected chi connectivity index (χ4v) is 5.51. The molecule has 0 radical (unpaired) electrons. The zero-order valence-corrected chi connectivity index (χ0v) is 15.7. The van der Waals surface area contributed by atoms with Gasteiger partial charge < -0.3 is 4.74 Å². The van der Waals surface area contributed by atoms with E-state index in [1.165, 1.54) is 12.1 Å². The lowest BCUT2D eigenvalue weighted by molar-refractivity contribution is -0.387. The van der Waals surface area contributed by atoms with Crippen molar-refractivity contribution >= 4 is 21.8 Å². The number of ether oxygens (including phenoxy) is 1. The number of nitrogens with one attached hydrogen (secondary N) is 1. The predicted molar refractivity (Wildman–Crippen MR) is 92.9 cm³/mol. The number of hydrogen-bond donors (Lipinski definition) is 1. The molecule has 0 aromatic heterocycles. The molecule has 2 aliphatic carbocycles. The number of nitro benzene ring substituents is 1. The SMILES string of the molecule is CC1(C)C2CCC1(C)C(OC(=O)NS(=O)(=O)c1ccccc1[N+](=O)[O-])C2. The molecule has 1 N–H and O–H groups in total. The Morgan fingerprint density at radius 2 is 1.96 bits per heavy atom. The fraction of sp³-hybridized carbons (Fsp3) is 0.588. The Balaban J connectivity index is 1.76. The summed E-state index contributed by atoms with van der Waals surface area (Å²) in [5, 5.41) is 11.0. The number of benzene rings is 1. The number of rotatable bonds is 4. The van der Waals surface area contributed by atoms with Gasteiger partial charge in [-0.05, 0) is 36.7 Å². The molecule has 9 heteroatoms. The average molecular weight is 382 g/mol.